The van der Waals surface area contributed by atoms with E-state index in [1.165, 1.54) is 0 Å². The Bertz CT molecular complexity index is 915. The minimum Gasteiger partial charge on any atom is -0.489 e. The molecule has 1 aromatic heterocycles. The van der Waals surface area contributed by atoms with Gasteiger partial charge in [0, 0.05) is 18.7 Å². The van der Waals surface area contributed by atoms with Crippen LogP contribution in [0.4, 0.5) is 0 Å². The summed E-state index contributed by atoms with van der Waals surface area (Å²) >= 11 is 0. The van der Waals surface area contributed by atoms with Crippen LogP contribution in [-0.2, 0) is 11.4 Å². The Morgan fingerprint density at radius 2 is 1.76 bits per heavy atom. The Balaban J connectivity index is 1.59. The molecule has 4 rings (SSSR count). The number of benzene rings is 2. The van der Waals surface area contributed by atoms with Gasteiger partial charge in [-0.25, -0.2) is 0 Å². The van der Waals surface area contributed by atoms with Crippen LogP contribution in [0.15, 0.2) is 77.4 Å². The van der Waals surface area contributed by atoms with Crippen LogP contribution in [0.5, 0.6) is 5.75 Å². The highest BCUT2D eigenvalue weighted by Crippen LogP contribution is 2.37. The molecule has 29 heavy (non-hydrogen) atoms. The zero-order chi connectivity index (χ0) is 20.1. The van der Waals surface area contributed by atoms with E-state index in [0.29, 0.717) is 32.5 Å². The predicted octanol–water partition coefficient (Wildman–Crippen LogP) is 4.74. The van der Waals surface area contributed by atoms with Gasteiger partial charge < -0.3 is 14.3 Å². The molecule has 1 saturated heterocycles. The van der Waals surface area contributed by atoms with Crippen molar-refractivity contribution >= 4 is 5.97 Å². The number of carbonyl (C=O) groups is 1. The summed E-state index contributed by atoms with van der Waals surface area (Å²) < 4.78 is 12.0. The number of hydrogen-bond acceptors (Lipinski definition) is 4. The van der Waals surface area contributed by atoms with E-state index in [9.17, 15) is 9.90 Å². The van der Waals surface area contributed by atoms with Crippen LogP contribution >= 0.6 is 0 Å². The van der Waals surface area contributed by atoms with E-state index in [0.717, 1.165) is 22.6 Å². The summed E-state index contributed by atoms with van der Waals surface area (Å²) in [5, 5.41) is 9.33. The number of furan rings is 1. The number of carboxylic acids is 1. The number of carboxylic acid groups (broad SMARTS) is 1. The number of piperidine rings is 1. The van der Waals surface area contributed by atoms with Crippen molar-refractivity contribution in [3.05, 3.63) is 89.9 Å². The van der Waals surface area contributed by atoms with Crippen LogP contribution in [0.25, 0.3) is 0 Å². The molecular formula is C24H25NO4. The molecule has 2 aromatic carbocycles. The van der Waals surface area contributed by atoms with Gasteiger partial charge in [0.2, 0.25) is 0 Å². The normalized spacial score (nSPS) is 16.4. The maximum Gasteiger partial charge on any atom is 0.306 e. The quantitative estimate of drug-likeness (QED) is 0.630. The third-order valence-electron chi connectivity index (χ3n) is 5.51. The van der Waals surface area contributed by atoms with E-state index in [4.69, 9.17) is 9.15 Å². The van der Waals surface area contributed by atoms with E-state index in [2.05, 4.69) is 11.0 Å². The molecular weight excluding hydrogens is 366 g/mol. The fourth-order valence-electron chi connectivity index (χ4n) is 3.95. The van der Waals surface area contributed by atoms with Crippen molar-refractivity contribution in [1.82, 2.24) is 4.90 Å². The maximum atomic E-state index is 11.3. The van der Waals surface area contributed by atoms with Crippen LogP contribution < -0.4 is 4.74 Å². The number of para-hydroxylation sites is 1. The van der Waals surface area contributed by atoms with E-state index < -0.39 is 5.97 Å². The molecule has 1 atom stereocenters. The second kappa shape index (κ2) is 8.97. The molecule has 150 valence electrons. The zero-order valence-electron chi connectivity index (χ0n) is 16.2. The summed E-state index contributed by atoms with van der Waals surface area (Å²) in [6.45, 7) is 1.90. The van der Waals surface area contributed by atoms with Crippen LogP contribution in [0.2, 0.25) is 0 Å². The molecule has 0 amide bonds. The van der Waals surface area contributed by atoms with E-state index in [-0.39, 0.29) is 12.0 Å². The lowest BCUT2D eigenvalue weighted by Crippen LogP contribution is -2.39. The average Bonchev–Trinajstić information content (AvgIpc) is 3.29. The van der Waals surface area contributed by atoms with Gasteiger partial charge in [0.15, 0.2) is 0 Å². The molecule has 5 heteroatoms. The summed E-state index contributed by atoms with van der Waals surface area (Å²) in [5.74, 6) is 0.687. The average molecular weight is 391 g/mol. The fraction of sp³-hybridized carbons (Fsp3) is 0.292. The number of nitrogens with zero attached hydrogens (tertiary/aromatic N) is 1. The van der Waals surface area contributed by atoms with Crippen molar-refractivity contribution < 1.29 is 19.1 Å². The van der Waals surface area contributed by atoms with Gasteiger partial charge in [0.1, 0.15) is 18.1 Å². The minimum atomic E-state index is -0.703. The molecule has 5 nitrogen and oxygen atoms in total. The SMILES string of the molecule is O=C(O)C1CCN(C(c2ccco2)c2ccccc2OCc2ccccc2)CC1. The number of likely N-dealkylation sites (tertiary alicyclic amines) is 1. The monoisotopic (exact) mass is 391 g/mol. The van der Waals surface area contributed by atoms with Crippen molar-refractivity contribution in [2.24, 2.45) is 5.92 Å². The summed E-state index contributed by atoms with van der Waals surface area (Å²) in [7, 11) is 0. The lowest BCUT2D eigenvalue weighted by atomic mass is 9.93. The van der Waals surface area contributed by atoms with Crippen LogP contribution in [0.3, 0.4) is 0 Å². The number of rotatable bonds is 7. The molecule has 1 N–H and O–H groups in total. The highest BCUT2D eigenvalue weighted by molar-refractivity contribution is 5.70. The van der Waals surface area contributed by atoms with Crippen molar-refractivity contribution in [1.29, 1.82) is 0 Å². The van der Waals surface area contributed by atoms with Gasteiger partial charge in [-0.1, -0.05) is 48.5 Å². The standard InChI is InChI=1S/C24H25NO4/c26-24(27)19-12-14-25(15-13-19)23(22-11-6-16-28-22)20-9-4-5-10-21(20)29-17-18-7-2-1-3-8-18/h1-11,16,19,23H,12-15,17H2,(H,26,27). The van der Waals surface area contributed by atoms with Crippen molar-refractivity contribution in [2.75, 3.05) is 13.1 Å². The lowest BCUT2D eigenvalue weighted by Gasteiger charge is -2.36. The molecule has 1 unspecified atom stereocenters. The highest BCUT2D eigenvalue weighted by atomic mass is 16.5. The Hall–Kier alpha value is -3.05. The van der Waals surface area contributed by atoms with Crippen molar-refractivity contribution in [2.45, 2.75) is 25.5 Å². The van der Waals surface area contributed by atoms with Gasteiger partial charge in [0.25, 0.3) is 0 Å². The molecule has 3 aromatic rings. The maximum absolute atomic E-state index is 11.3. The Kier molecular flexibility index (Phi) is 5.96. The second-order valence-corrected chi connectivity index (χ2v) is 7.38. The van der Waals surface area contributed by atoms with E-state index in [1.54, 1.807) is 6.26 Å². The molecule has 1 aliphatic heterocycles. The van der Waals surface area contributed by atoms with Gasteiger partial charge in [-0.3, -0.25) is 9.69 Å². The number of hydrogen-bond donors (Lipinski definition) is 1. The number of aliphatic carboxylic acids is 1. The van der Waals surface area contributed by atoms with Gasteiger partial charge in [-0.05, 0) is 36.6 Å². The van der Waals surface area contributed by atoms with Gasteiger partial charge in [-0.15, -0.1) is 0 Å². The first-order chi connectivity index (χ1) is 14.2. The predicted molar refractivity (Wildman–Crippen MR) is 110 cm³/mol. The minimum absolute atomic E-state index is 0.105. The van der Waals surface area contributed by atoms with E-state index in [1.807, 2.05) is 60.7 Å². The Morgan fingerprint density at radius 3 is 2.45 bits per heavy atom. The highest BCUT2D eigenvalue weighted by Gasteiger charge is 2.32. The third-order valence-corrected chi connectivity index (χ3v) is 5.51. The van der Waals surface area contributed by atoms with Gasteiger partial charge in [0.05, 0.1) is 18.2 Å². The molecule has 0 spiro atoms. The summed E-state index contributed by atoms with van der Waals surface area (Å²) in [4.78, 5) is 13.6. The summed E-state index contributed by atoms with van der Waals surface area (Å²) in [6.07, 6.45) is 2.96. The van der Waals surface area contributed by atoms with Gasteiger partial charge in [-0.2, -0.15) is 0 Å². The summed E-state index contributed by atoms with van der Waals surface area (Å²) in [5.41, 5.74) is 2.14. The first-order valence-electron chi connectivity index (χ1n) is 9.98. The smallest absolute Gasteiger partial charge is 0.306 e. The lowest BCUT2D eigenvalue weighted by molar-refractivity contribution is -0.143. The topological polar surface area (TPSA) is 62.9 Å². The molecule has 1 aliphatic rings. The fourth-order valence-corrected chi connectivity index (χ4v) is 3.95. The van der Waals surface area contributed by atoms with Gasteiger partial charge >= 0.3 is 5.97 Å². The van der Waals surface area contributed by atoms with E-state index >= 15 is 0 Å². The summed E-state index contributed by atoms with van der Waals surface area (Å²) in [6, 6.07) is 21.9. The van der Waals surface area contributed by atoms with Crippen molar-refractivity contribution in [3.8, 4) is 5.75 Å². The molecule has 2 heterocycles. The zero-order valence-corrected chi connectivity index (χ0v) is 16.2. The molecule has 0 aliphatic carbocycles. The van der Waals surface area contributed by atoms with Crippen LogP contribution in [0, 0.1) is 5.92 Å². The Morgan fingerprint density at radius 1 is 1.03 bits per heavy atom. The van der Waals surface area contributed by atoms with Crippen molar-refractivity contribution in [3.63, 3.8) is 0 Å². The molecule has 0 saturated carbocycles. The third kappa shape index (κ3) is 4.51. The molecule has 0 bridgehead atoms. The first-order valence-corrected chi connectivity index (χ1v) is 9.98. The van der Waals surface area contributed by atoms with Crippen LogP contribution in [0.1, 0.15) is 35.8 Å². The molecule has 0 radical (unpaired) electrons. The first kappa shape index (κ1) is 19.3. The van der Waals surface area contributed by atoms with Crippen LogP contribution in [-0.4, -0.2) is 29.1 Å². The Labute approximate surface area is 170 Å². The molecule has 1 fully saturated rings. The largest absolute Gasteiger partial charge is 0.489 e. The second-order valence-electron chi connectivity index (χ2n) is 7.38. The number of ether oxygens (including phenoxy) is 1.